The van der Waals surface area contributed by atoms with Gasteiger partial charge in [-0.3, -0.25) is 19.3 Å². The summed E-state index contributed by atoms with van der Waals surface area (Å²) in [5.41, 5.74) is 0. The van der Waals surface area contributed by atoms with Gasteiger partial charge in [0.25, 0.3) is 5.24 Å². The molecule has 0 aromatic carbocycles. The summed E-state index contributed by atoms with van der Waals surface area (Å²) >= 11 is 1.09. The van der Waals surface area contributed by atoms with Crippen LogP contribution in [0.1, 0.15) is 57.8 Å². The molecule has 0 unspecified atom stereocenters. The Kier molecular flexibility index (Phi) is 8.34. The molecule has 0 aliphatic carbocycles. The van der Waals surface area contributed by atoms with Crippen LogP contribution in [0.3, 0.4) is 0 Å². The van der Waals surface area contributed by atoms with Gasteiger partial charge >= 0.3 is 5.97 Å². The second-order valence-corrected chi connectivity index (χ2v) is 6.00. The predicted molar refractivity (Wildman–Crippen MR) is 78.8 cm³/mol. The lowest BCUT2D eigenvalue weighted by Crippen LogP contribution is -2.29. The number of rotatable bonds is 11. The van der Waals surface area contributed by atoms with Gasteiger partial charge < -0.3 is 5.11 Å². The Morgan fingerprint density at radius 3 is 2.05 bits per heavy atom. The third-order valence-corrected chi connectivity index (χ3v) is 4.22. The molecule has 5 nitrogen and oxygen atoms in total. The highest BCUT2D eigenvalue weighted by Gasteiger charge is 2.28. The SMILES string of the molecule is O=C(O)CCCCCCCCCCN1C(=O)CSC1=O. The van der Waals surface area contributed by atoms with Crippen LogP contribution in [0, 0.1) is 0 Å². The summed E-state index contributed by atoms with van der Waals surface area (Å²) < 4.78 is 0. The van der Waals surface area contributed by atoms with Crippen molar-refractivity contribution in [1.29, 1.82) is 0 Å². The Morgan fingerprint density at radius 1 is 1.00 bits per heavy atom. The van der Waals surface area contributed by atoms with Crippen LogP contribution in [-0.2, 0) is 9.59 Å². The normalized spacial score (nSPS) is 15.1. The number of hydrogen-bond acceptors (Lipinski definition) is 4. The zero-order valence-electron chi connectivity index (χ0n) is 11.8. The molecule has 114 valence electrons. The Labute approximate surface area is 124 Å². The largest absolute Gasteiger partial charge is 0.481 e. The van der Waals surface area contributed by atoms with E-state index in [1.165, 1.54) is 4.90 Å². The van der Waals surface area contributed by atoms with Crippen molar-refractivity contribution in [3.05, 3.63) is 0 Å². The maximum Gasteiger partial charge on any atom is 0.303 e. The van der Waals surface area contributed by atoms with Crippen LogP contribution in [-0.4, -0.2) is 39.4 Å². The molecular formula is C14H23NO4S. The molecule has 1 aliphatic heterocycles. The van der Waals surface area contributed by atoms with Crippen molar-refractivity contribution in [2.24, 2.45) is 0 Å². The molecule has 0 aromatic rings. The van der Waals surface area contributed by atoms with Crippen LogP contribution < -0.4 is 0 Å². The smallest absolute Gasteiger partial charge is 0.303 e. The van der Waals surface area contributed by atoms with Crippen molar-refractivity contribution in [2.75, 3.05) is 12.3 Å². The van der Waals surface area contributed by atoms with Gasteiger partial charge in [0, 0.05) is 13.0 Å². The highest BCUT2D eigenvalue weighted by atomic mass is 32.2. The summed E-state index contributed by atoms with van der Waals surface area (Å²) in [6.07, 6.45) is 8.44. The molecule has 0 bridgehead atoms. The molecule has 0 atom stereocenters. The molecule has 1 rings (SSSR count). The number of carboxylic acid groups (broad SMARTS) is 1. The van der Waals surface area contributed by atoms with Crippen LogP contribution in [0.15, 0.2) is 0 Å². The summed E-state index contributed by atoms with van der Waals surface area (Å²) in [4.78, 5) is 34.3. The Hall–Kier alpha value is -1.04. The second-order valence-electron chi connectivity index (χ2n) is 5.07. The minimum Gasteiger partial charge on any atom is -0.481 e. The number of imide groups is 1. The highest BCUT2D eigenvalue weighted by molar-refractivity contribution is 8.14. The van der Waals surface area contributed by atoms with Gasteiger partial charge in [-0.1, -0.05) is 50.3 Å². The molecule has 6 heteroatoms. The Bertz CT molecular complexity index is 330. The lowest BCUT2D eigenvalue weighted by atomic mass is 10.1. The van der Waals surface area contributed by atoms with E-state index in [0.717, 1.165) is 63.1 Å². The van der Waals surface area contributed by atoms with Gasteiger partial charge in [-0.15, -0.1) is 0 Å². The molecule has 0 aromatic heterocycles. The van der Waals surface area contributed by atoms with Crippen LogP contribution in [0.2, 0.25) is 0 Å². The highest BCUT2D eigenvalue weighted by Crippen LogP contribution is 2.19. The van der Waals surface area contributed by atoms with Crippen LogP contribution >= 0.6 is 11.8 Å². The van der Waals surface area contributed by atoms with E-state index in [9.17, 15) is 14.4 Å². The van der Waals surface area contributed by atoms with E-state index >= 15 is 0 Å². The Balaban J connectivity index is 1.86. The van der Waals surface area contributed by atoms with Crippen molar-refractivity contribution in [1.82, 2.24) is 4.90 Å². The van der Waals surface area contributed by atoms with Crippen molar-refractivity contribution >= 4 is 28.9 Å². The molecule has 0 spiro atoms. The van der Waals surface area contributed by atoms with Gasteiger partial charge in [0.1, 0.15) is 0 Å². The van der Waals surface area contributed by atoms with Gasteiger partial charge in [-0.2, -0.15) is 0 Å². The number of carbonyl (C=O) groups is 3. The summed E-state index contributed by atoms with van der Waals surface area (Å²) in [6, 6.07) is 0. The monoisotopic (exact) mass is 301 g/mol. The number of carbonyl (C=O) groups excluding carboxylic acids is 2. The quantitative estimate of drug-likeness (QED) is 0.593. The van der Waals surface area contributed by atoms with E-state index in [1.54, 1.807) is 0 Å². The number of unbranched alkanes of at least 4 members (excludes halogenated alkanes) is 7. The minimum atomic E-state index is -0.714. The van der Waals surface area contributed by atoms with Gasteiger partial charge in [0.05, 0.1) is 5.75 Å². The standard InChI is InChI=1S/C14H23NO4S/c16-12-11-20-14(19)15(12)10-8-6-4-2-1-3-5-7-9-13(17)18/h1-11H2,(H,17,18). The summed E-state index contributed by atoms with van der Waals surface area (Å²) in [7, 11) is 0. The topological polar surface area (TPSA) is 74.7 Å². The first kappa shape index (κ1) is 17.0. The van der Waals surface area contributed by atoms with E-state index in [-0.39, 0.29) is 17.6 Å². The zero-order chi connectivity index (χ0) is 14.8. The molecule has 1 aliphatic rings. The lowest BCUT2D eigenvalue weighted by molar-refractivity contribution is -0.137. The Morgan fingerprint density at radius 2 is 1.55 bits per heavy atom. The average Bonchev–Trinajstić information content (AvgIpc) is 2.71. The first-order valence-corrected chi connectivity index (χ1v) is 8.28. The van der Waals surface area contributed by atoms with E-state index in [1.807, 2.05) is 0 Å². The second kappa shape index (κ2) is 9.80. The summed E-state index contributed by atoms with van der Waals surface area (Å²) in [5.74, 6) is -0.470. The maximum absolute atomic E-state index is 11.3. The van der Waals surface area contributed by atoms with Crippen molar-refractivity contribution in [2.45, 2.75) is 57.8 Å². The van der Waals surface area contributed by atoms with Crippen LogP contribution in [0.25, 0.3) is 0 Å². The minimum absolute atomic E-state index is 0.0570. The number of nitrogens with zero attached hydrogens (tertiary/aromatic N) is 1. The molecule has 1 saturated heterocycles. The molecule has 1 heterocycles. The van der Waals surface area contributed by atoms with Crippen molar-refractivity contribution in [3.63, 3.8) is 0 Å². The van der Waals surface area contributed by atoms with E-state index in [2.05, 4.69) is 0 Å². The molecule has 1 N–H and O–H groups in total. The van der Waals surface area contributed by atoms with Gasteiger partial charge in [-0.05, 0) is 12.8 Å². The fourth-order valence-corrected chi connectivity index (χ4v) is 2.96. The lowest BCUT2D eigenvalue weighted by Gasteiger charge is -2.11. The fraction of sp³-hybridized carbons (Fsp3) is 0.786. The molecule has 0 radical (unpaired) electrons. The number of thioether (sulfide) groups is 1. The van der Waals surface area contributed by atoms with E-state index in [4.69, 9.17) is 5.11 Å². The van der Waals surface area contributed by atoms with Crippen molar-refractivity contribution in [3.8, 4) is 0 Å². The third-order valence-electron chi connectivity index (χ3n) is 3.36. The molecular weight excluding hydrogens is 278 g/mol. The third kappa shape index (κ3) is 6.93. The molecule has 2 amide bonds. The van der Waals surface area contributed by atoms with Gasteiger partial charge in [-0.25, -0.2) is 0 Å². The number of amides is 2. The van der Waals surface area contributed by atoms with Crippen LogP contribution in [0.4, 0.5) is 4.79 Å². The maximum atomic E-state index is 11.3. The van der Waals surface area contributed by atoms with Crippen molar-refractivity contribution < 1.29 is 19.5 Å². The molecule has 20 heavy (non-hydrogen) atoms. The predicted octanol–water partition coefficient (Wildman–Crippen LogP) is 3.28. The number of carboxylic acids is 1. The number of hydrogen-bond donors (Lipinski definition) is 1. The summed E-state index contributed by atoms with van der Waals surface area (Å²) in [5, 5.41) is 8.38. The van der Waals surface area contributed by atoms with Gasteiger partial charge in [0.2, 0.25) is 5.91 Å². The zero-order valence-corrected chi connectivity index (χ0v) is 12.6. The summed E-state index contributed by atoms with van der Waals surface area (Å²) in [6.45, 7) is 0.559. The first-order chi connectivity index (χ1) is 9.61. The number of aliphatic carboxylic acids is 1. The molecule has 0 saturated carbocycles. The van der Waals surface area contributed by atoms with E-state index < -0.39 is 5.97 Å². The fourth-order valence-electron chi connectivity index (χ4n) is 2.20. The first-order valence-electron chi connectivity index (χ1n) is 7.30. The molecule has 1 fully saturated rings. The van der Waals surface area contributed by atoms with Crippen LogP contribution in [0.5, 0.6) is 0 Å². The average molecular weight is 301 g/mol. The van der Waals surface area contributed by atoms with E-state index in [0.29, 0.717) is 12.3 Å². The van der Waals surface area contributed by atoms with Gasteiger partial charge in [0.15, 0.2) is 0 Å².